The highest BCUT2D eigenvalue weighted by Crippen LogP contribution is 1.94. The molecule has 0 amide bonds. The first kappa shape index (κ1) is 23.7. The second kappa shape index (κ2) is 11.5. The molecule has 0 radical (unpaired) electrons. The fourth-order valence-corrected chi connectivity index (χ4v) is 0.687. The zero-order valence-electron chi connectivity index (χ0n) is 13.1. The van der Waals surface area contributed by atoms with Gasteiger partial charge in [0, 0.05) is 11.1 Å². The molecule has 0 aliphatic heterocycles. The molecule has 1 N–H and O–H groups in total. The maximum Gasteiger partial charge on any atom is 0.333 e. The minimum atomic E-state index is -0.900. The van der Waals surface area contributed by atoms with E-state index in [1.165, 1.54) is 0 Å². The Labute approximate surface area is 127 Å². The zero-order valence-corrected chi connectivity index (χ0v) is 13.9. The summed E-state index contributed by atoms with van der Waals surface area (Å²) in [5.41, 5.74) is 0.719. The normalized spacial score (nSPS) is 9.45. The Balaban J connectivity index is -0.000000312. The third kappa shape index (κ3) is 16.7. The molecule has 0 aromatic heterocycles. The lowest BCUT2D eigenvalue weighted by Gasteiger charge is -2.23. The van der Waals surface area contributed by atoms with E-state index in [9.17, 15) is 9.59 Å². The molecule has 6 heteroatoms. The van der Waals surface area contributed by atoms with Gasteiger partial charge >= 0.3 is 11.9 Å². The third-order valence-electron chi connectivity index (χ3n) is 2.07. The van der Waals surface area contributed by atoms with Gasteiger partial charge in [0.2, 0.25) is 0 Å². The molecule has 0 aliphatic rings. The molecule has 0 fully saturated rings. The van der Waals surface area contributed by atoms with Gasteiger partial charge in [0.05, 0.1) is 21.1 Å². The fourth-order valence-electron chi connectivity index (χ4n) is 0.687. The van der Waals surface area contributed by atoms with Crippen molar-refractivity contribution in [2.75, 3.05) is 34.3 Å². The lowest BCUT2D eigenvalue weighted by molar-refractivity contribution is -0.870. The third-order valence-corrected chi connectivity index (χ3v) is 2.07. The number of hydrogen-bond donors (Lipinski definition) is 1. The molecule has 0 aromatic carbocycles. The molecule has 0 heterocycles. The van der Waals surface area contributed by atoms with Crippen molar-refractivity contribution < 1.29 is 23.9 Å². The number of aliphatic carboxylic acids is 1. The van der Waals surface area contributed by atoms with Crippen LogP contribution < -0.4 is 0 Å². The molecule has 0 bridgehead atoms. The highest BCUT2D eigenvalue weighted by molar-refractivity contribution is 5.87. The number of esters is 1. The SMILES string of the molecule is C=C(C)C(=O)OCC[N+](C)(C)C.C=C(CC)C(=O)O.Cl. The second-order valence-electron chi connectivity index (χ2n) is 5.19. The monoisotopic (exact) mass is 308 g/mol. The Bertz CT molecular complexity index is 346. The van der Waals surface area contributed by atoms with Gasteiger partial charge in [0.25, 0.3) is 0 Å². The Morgan fingerprint density at radius 2 is 1.65 bits per heavy atom. The number of carboxylic acid groups (broad SMARTS) is 1. The summed E-state index contributed by atoms with van der Waals surface area (Å²) in [7, 11) is 6.15. The van der Waals surface area contributed by atoms with Crippen LogP contribution in [0, 0.1) is 0 Å². The van der Waals surface area contributed by atoms with Crippen molar-refractivity contribution in [3.05, 3.63) is 24.3 Å². The lowest BCUT2D eigenvalue weighted by atomic mass is 10.2. The van der Waals surface area contributed by atoms with Crippen molar-refractivity contribution in [1.29, 1.82) is 0 Å². The van der Waals surface area contributed by atoms with Crippen LogP contribution in [0.25, 0.3) is 0 Å². The number of quaternary nitrogens is 1. The molecule has 0 aromatic rings. The number of halogens is 1. The van der Waals surface area contributed by atoms with Crippen molar-refractivity contribution in [3.63, 3.8) is 0 Å². The average molecular weight is 309 g/mol. The van der Waals surface area contributed by atoms with Gasteiger partial charge in [0.1, 0.15) is 13.2 Å². The number of likely N-dealkylation sites (N-methyl/N-ethyl adjacent to an activating group) is 1. The number of carbonyl (C=O) groups excluding carboxylic acids is 1. The number of carbonyl (C=O) groups is 2. The van der Waals surface area contributed by atoms with Gasteiger partial charge in [-0.05, 0) is 13.3 Å². The number of carboxylic acids is 1. The smallest absolute Gasteiger partial charge is 0.333 e. The van der Waals surface area contributed by atoms with Crippen LogP contribution in [0.1, 0.15) is 20.3 Å². The van der Waals surface area contributed by atoms with E-state index in [2.05, 4.69) is 34.3 Å². The summed E-state index contributed by atoms with van der Waals surface area (Å²) < 4.78 is 5.72. The molecule has 0 saturated heterocycles. The van der Waals surface area contributed by atoms with Crippen LogP contribution in [0.5, 0.6) is 0 Å². The van der Waals surface area contributed by atoms with Crippen molar-refractivity contribution in [2.24, 2.45) is 0 Å². The van der Waals surface area contributed by atoms with Gasteiger partial charge in [-0.3, -0.25) is 0 Å². The summed E-state index contributed by atoms with van der Waals surface area (Å²) in [4.78, 5) is 20.7. The quantitative estimate of drug-likeness (QED) is 0.464. The maximum absolute atomic E-state index is 10.9. The molecule has 0 spiro atoms. The maximum atomic E-state index is 10.9. The molecule has 5 nitrogen and oxygen atoms in total. The first-order valence-electron chi connectivity index (χ1n) is 6.05. The Morgan fingerprint density at radius 1 is 1.20 bits per heavy atom. The summed E-state index contributed by atoms with van der Waals surface area (Å²) >= 11 is 0. The van der Waals surface area contributed by atoms with Crippen molar-refractivity contribution in [1.82, 2.24) is 0 Å². The van der Waals surface area contributed by atoms with Crippen molar-refractivity contribution >= 4 is 24.3 Å². The van der Waals surface area contributed by atoms with E-state index in [-0.39, 0.29) is 23.9 Å². The fraction of sp³-hybridized carbons (Fsp3) is 0.571. The number of hydrogen-bond acceptors (Lipinski definition) is 3. The number of nitrogens with zero attached hydrogens (tertiary/aromatic N) is 1. The second-order valence-corrected chi connectivity index (χ2v) is 5.19. The van der Waals surface area contributed by atoms with E-state index in [4.69, 9.17) is 9.84 Å². The largest absolute Gasteiger partial charge is 0.478 e. The summed E-state index contributed by atoms with van der Waals surface area (Å²) in [6.45, 7) is 11.4. The van der Waals surface area contributed by atoms with Crippen LogP contribution in [0.3, 0.4) is 0 Å². The van der Waals surface area contributed by atoms with Crippen LogP contribution in [-0.2, 0) is 14.3 Å². The lowest BCUT2D eigenvalue weighted by Crippen LogP contribution is -2.38. The minimum absolute atomic E-state index is 0. The van der Waals surface area contributed by atoms with Gasteiger partial charge in [-0.1, -0.05) is 20.1 Å². The topological polar surface area (TPSA) is 63.6 Å². The van der Waals surface area contributed by atoms with Gasteiger partial charge in [-0.25, -0.2) is 9.59 Å². The standard InChI is InChI=1S/C9H18NO2.C5H8O2.ClH/c1-8(2)9(11)12-7-6-10(3,4)5;1-3-4(2)5(6)7;/h1,6-7H2,2-5H3;2-3H2,1H3,(H,6,7);1H/q+1;;. The van der Waals surface area contributed by atoms with Gasteiger partial charge in [-0.15, -0.1) is 12.4 Å². The molecule has 0 saturated carbocycles. The summed E-state index contributed by atoms with van der Waals surface area (Å²) in [6.07, 6.45) is 0.523. The van der Waals surface area contributed by atoms with Crippen LogP contribution in [-0.4, -0.2) is 55.8 Å². The van der Waals surface area contributed by atoms with Crippen molar-refractivity contribution in [3.8, 4) is 0 Å². The molecule has 0 atom stereocenters. The molecular weight excluding hydrogens is 282 g/mol. The summed E-state index contributed by atoms with van der Waals surface area (Å²) in [5, 5.41) is 8.08. The Morgan fingerprint density at radius 3 is 1.85 bits per heavy atom. The summed E-state index contributed by atoms with van der Waals surface area (Å²) in [6, 6.07) is 0. The number of ether oxygens (including phenoxy) is 1. The van der Waals surface area contributed by atoms with Crippen LogP contribution >= 0.6 is 12.4 Å². The van der Waals surface area contributed by atoms with Gasteiger partial charge in [0.15, 0.2) is 0 Å². The molecule has 20 heavy (non-hydrogen) atoms. The predicted octanol–water partition coefficient (Wildman–Crippen LogP) is 2.27. The van der Waals surface area contributed by atoms with Crippen LogP contribution in [0.15, 0.2) is 24.3 Å². The number of rotatable bonds is 6. The Kier molecular flexibility index (Phi) is 13.6. The van der Waals surface area contributed by atoms with Crippen molar-refractivity contribution in [2.45, 2.75) is 20.3 Å². The average Bonchev–Trinajstić information content (AvgIpc) is 2.26. The molecule has 0 aliphatic carbocycles. The molecule has 0 rings (SSSR count). The predicted molar refractivity (Wildman–Crippen MR) is 83.0 cm³/mol. The highest BCUT2D eigenvalue weighted by Gasteiger charge is 2.09. The van der Waals surface area contributed by atoms with E-state index in [0.29, 0.717) is 18.6 Å². The minimum Gasteiger partial charge on any atom is -0.478 e. The molecule has 0 unspecified atom stereocenters. The Hall–Kier alpha value is -1.33. The van der Waals surface area contributed by atoms with E-state index in [1.807, 2.05) is 0 Å². The van der Waals surface area contributed by atoms with E-state index in [0.717, 1.165) is 11.0 Å². The van der Waals surface area contributed by atoms with E-state index >= 15 is 0 Å². The van der Waals surface area contributed by atoms with Gasteiger partial charge in [-0.2, -0.15) is 0 Å². The highest BCUT2D eigenvalue weighted by atomic mass is 35.5. The first-order valence-corrected chi connectivity index (χ1v) is 6.05. The van der Waals surface area contributed by atoms with Gasteiger partial charge < -0.3 is 14.3 Å². The zero-order chi connectivity index (χ0) is 15.6. The van der Waals surface area contributed by atoms with Crippen LogP contribution in [0.2, 0.25) is 0 Å². The summed E-state index contributed by atoms with van der Waals surface area (Å²) in [5.74, 6) is -1.20. The molecule has 118 valence electrons. The first-order chi connectivity index (χ1) is 8.51. The van der Waals surface area contributed by atoms with E-state index < -0.39 is 5.97 Å². The van der Waals surface area contributed by atoms with E-state index in [1.54, 1.807) is 13.8 Å². The van der Waals surface area contributed by atoms with Crippen LogP contribution in [0.4, 0.5) is 0 Å². The molecular formula is C14H27ClNO4+.